The fourth-order valence-corrected chi connectivity index (χ4v) is 1.94. The number of ether oxygens (including phenoxy) is 1. The van der Waals surface area contributed by atoms with E-state index in [0.717, 1.165) is 15.9 Å². The summed E-state index contributed by atoms with van der Waals surface area (Å²) in [5.41, 5.74) is 2.06. The van der Waals surface area contributed by atoms with Gasteiger partial charge in [-0.25, -0.2) is 4.98 Å². The Hall–Kier alpha value is -1.76. The number of hydrogen-bond donors (Lipinski definition) is 1. The number of nitrogens with one attached hydrogen (secondary N) is 1. The van der Waals surface area contributed by atoms with Crippen molar-refractivity contribution in [1.29, 1.82) is 0 Å². The van der Waals surface area contributed by atoms with E-state index in [4.69, 9.17) is 0 Å². The second-order valence-corrected chi connectivity index (χ2v) is 5.09. The Balaban J connectivity index is 2.11. The summed E-state index contributed by atoms with van der Waals surface area (Å²) in [7, 11) is 0. The number of halogens is 4. The second kappa shape index (κ2) is 6.34. The van der Waals surface area contributed by atoms with E-state index < -0.39 is 6.36 Å². The van der Waals surface area contributed by atoms with Gasteiger partial charge in [-0.05, 0) is 40.5 Å². The molecule has 0 amide bonds. The predicted molar refractivity (Wildman–Crippen MR) is 77.1 cm³/mol. The summed E-state index contributed by atoms with van der Waals surface area (Å²) >= 11 is 3.29. The zero-order valence-electron chi connectivity index (χ0n) is 11.0. The minimum atomic E-state index is -4.70. The molecule has 0 aliphatic heterocycles. The third-order valence-corrected chi connectivity index (χ3v) is 3.53. The molecule has 0 atom stereocenters. The van der Waals surface area contributed by atoms with Crippen molar-refractivity contribution >= 4 is 21.6 Å². The summed E-state index contributed by atoms with van der Waals surface area (Å²) in [6.07, 6.45) is -3.10. The van der Waals surface area contributed by atoms with Crippen molar-refractivity contribution in [3.05, 3.63) is 52.3 Å². The van der Waals surface area contributed by atoms with E-state index in [1.165, 1.54) is 12.1 Å². The van der Waals surface area contributed by atoms with Gasteiger partial charge in [-0.15, -0.1) is 13.2 Å². The topological polar surface area (TPSA) is 34.1 Å². The van der Waals surface area contributed by atoms with Crippen molar-refractivity contribution in [3.63, 3.8) is 0 Å². The lowest BCUT2D eigenvalue weighted by atomic mass is 10.2. The maximum Gasteiger partial charge on any atom is 0.573 e. The monoisotopic (exact) mass is 360 g/mol. The molecule has 0 aliphatic carbocycles. The normalized spacial score (nSPS) is 11.3. The number of aromatic nitrogens is 1. The number of para-hydroxylation sites is 1. The molecule has 0 bridgehead atoms. The summed E-state index contributed by atoms with van der Waals surface area (Å²) in [6.45, 7) is 2.08. The van der Waals surface area contributed by atoms with Crippen LogP contribution in [0.3, 0.4) is 0 Å². The van der Waals surface area contributed by atoms with Crippen LogP contribution in [0.5, 0.6) is 5.75 Å². The standard InChI is InChI=1S/C14H12BrF3N2O/c1-9-6-11(8-20-13(9)15)19-7-10-4-2-3-5-12(10)21-14(16,17)18/h2-6,8,19H,7H2,1H3. The maximum absolute atomic E-state index is 12.3. The van der Waals surface area contributed by atoms with E-state index in [2.05, 4.69) is 31.0 Å². The third-order valence-electron chi connectivity index (χ3n) is 2.70. The van der Waals surface area contributed by atoms with Crippen LogP contribution in [0.4, 0.5) is 18.9 Å². The summed E-state index contributed by atoms with van der Waals surface area (Å²) in [4.78, 5) is 4.12. The number of rotatable bonds is 4. The molecule has 0 spiro atoms. The summed E-state index contributed by atoms with van der Waals surface area (Å²) in [5, 5.41) is 3.02. The molecule has 1 heterocycles. The molecule has 0 saturated carbocycles. The molecule has 1 aromatic carbocycles. The molecule has 7 heteroatoms. The number of hydrogen-bond acceptors (Lipinski definition) is 3. The largest absolute Gasteiger partial charge is 0.573 e. The Morgan fingerprint density at radius 1 is 1.29 bits per heavy atom. The first-order valence-electron chi connectivity index (χ1n) is 6.05. The van der Waals surface area contributed by atoms with Gasteiger partial charge in [0.2, 0.25) is 0 Å². The molecule has 1 aromatic heterocycles. The number of alkyl halides is 3. The Morgan fingerprint density at radius 2 is 2.00 bits per heavy atom. The van der Waals surface area contributed by atoms with Crippen LogP contribution in [-0.2, 0) is 6.54 Å². The van der Waals surface area contributed by atoms with Gasteiger partial charge in [0.05, 0.1) is 11.9 Å². The zero-order chi connectivity index (χ0) is 15.5. The van der Waals surface area contributed by atoms with Crippen molar-refractivity contribution < 1.29 is 17.9 Å². The van der Waals surface area contributed by atoms with Crippen molar-refractivity contribution in [3.8, 4) is 5.75 Å². The number of anilines is 1. The highest BCUT2D eigenvalue weighted by atomic mass is 79.9. The minimum absolute atomic E-state index is 0.203. The summed E-state index contributed by atoms with van der Waals surface area (Å²) in [6, 6.07) is 7.87. The van der Waals surface area contributed by atoms with Crippen LogP contribution in [0, 0.1) is 6.92 Å². The summed E-state index contributed by atoms with van der Waals surface area (Å²) < 4.78 is 41.7. The van der Waals surface area contributed by atoms with Gasteiger partial charge in [0.25, 0.3) is 0 Å². The molecular formula is C14H12BrF3N2O. The molecule has 0 fully saturated rings. The molecule has 0 saturated heterocycles. The molecular weight excluding hydrogens is 349 g/mol. The van der Waals surface area contributed by atoms with Crippen molar-refractivity contribution in [2.45, 2.75) is 19.8 Å². The van der Waals surface area contributed by atoms with Crippen LogP contribution < -0.4 is 10.1 Å². The van der Waals surface area contributed by atoms with Gasteiger partial charge in [0.15, 0.2) is 0 Å². The Bertz CT molecular complexity index is 632. The smallest absolute Gasteiger partial charge is 0.405 e. The first-order valence-corrected chi connectivity index (χ1v) is 6.84. The van der Waals surface area contributed by atoms with Gasteiger partial charge in [0.1, 0.15) is 10.4 Å². The first kappa shape index (κ1) is 15.6. The van der Waals surface area contributed by atoms with E-state index in [0.29, 0.717) is 5.56 Å². The third kappa shape index (κ3) is 4.63. The minimum Gasteiger partial charge on any atom is -0.405 e. The fourth-order valence-electron chi connectivity index (χ4n) is 1.73. The van der Waals surface area contributed by atoms with Crippen LogP contribution in [0.15, 0.2) is 41.1 Å². The average molecular weight is 361 g/mol. The molecule has 3 nitrogen and oxygen atoms in total. The molecule has 0 aliphatic rings. The van der Waals surface area contributed by atoms with Crippen LogP contribution >= 0.6 is 15.9 Å². The first-order chi connectivity index (χ1) is 9.85. The molecule has 1 N–H and O–H groups in total. The highest BCUT2D eigenvalue weighted by molar-refractivity contribution is 9.10. The van der Waals surface area contributed by atoms with Crippen LogP contribution in [-0.4, -0.2) is 11.3 Å². The van der Waals surface area contributed by atoms with E-state index in [-0.39, 0.29) is 12.3 Å². The van der Waals surface area contributed by atoms with Crippen LogP contribution in [0.25, 0.3) is 0 Å². The predicted octanol–water partition coefficient (Wildman–Crippen LogP) is 4.66. The van der Waals surface area contributed by atoms with Gasteiger partial charge in [-0.2, -0.15) is 0 Å². The van der Waals surface area contributed by atoms with Gasteiger partial charge in [-0.3, -0.25) is 0 Å². The zero-order valence-corrected chi connectivity index (χ0v) is 12.6. The highest BCUT2D eigenvalue weighted by Gasteiger charge is 2.31. The van der Waals surface area contributed by atoms with Gasteiger partial charge in [0, 0.05) is 12.1 Å². The van der Waals surface area contributed by atoms with Crippen molar-refractivity contribution in [2.75, 3.05) is 5.32 Å². The van der Waals surface area contributed by atoms with Crippen molar-refractivity contribution in [1.82, 2.24) is 4.98 Å². The average Bonchev–Trinajstić information content (AvgIpc) is 2.40. The number of aryl methyl sites for hydroxylation is 1. The van der Waals surface area contributed by atoms with Gasteiger partial charge in [-0.1, -0.05) is 18.2 Å². The quantitative estimate of drug-likeness (QED) is 0.805. The lowest BCUT2D eigenvalue weighted by molar-refractivity contribution is -0.274. The Morgan fingerprint density at radius 3 is 2.67 bits per heavy atom. The SMILES string of the molecule is Cc1cc(NCc2ccccc2OC(F)(F)F)cnc1Br. The number of nitrogens with zero attached hydrogens (tertiary/aromatic N) is 1. The molecule has 2 aromatic rings. The van der Waals surface area contributed by atoms with E-state index in [1.54, 1.807) is 18.3 Å². The van der Waals surface area contributed by atoms with E-state index in [9.17, 15) is 13.2 Å². The Kier molecular flexibility index (Phi) is 4.72. The lowest BCUT2D eigenvalue weighted by Gasteiger charge is -2.14. The molecule has 0 unspecified atom stereocenters. The number of benzene rings is 1. The summed E-state index contributed by atoms with van der Waals surface area (Å²) in [5.74, 6) is -0.209. The highest BCUT2D eigenvalue weighted by Crippen LogP contribution is 2.27. The fraction of sp³-hybridized carbons (Fsp3) is 0.214. The van der Waals surface area contributed by atoms with Crippen LogP contribution in [0.1, 0.15) is 11.1 Å². The molecule has 112 valence electrons. The van der Waals surface area contributed by atoms with E-state index in [1.807, 2.05) is 13.0 Å². The lowest BCUT2D eigenvalue weighted by Crippen LogP contribution is -2.18. The van der Waals surface area contributed by atoms with Gasteiger partial charge < -0.3 is 10.1 Å². The van der Waals surface area contributed by atoms with Crippen LogP contribution in [0.2, 0.25) is 0 Å². The molecule has 0 radical (unpaired) electrons. The Labute approximate surface area is 128 Å². The van der Waals surface area contributed by atoms with Crippen molar-refractivity contribution in [2.24, 2.45) is 0 Å². The number of pyridine rings is 1. The van der Waals surface area contributed by atoms with E-state index >= 15 is 0 Å². The molecule has 21 heavy (non-hydrogen) atoms. The second-order valence-electron chi connectivity index (χ2n) is 4.34. The maximum atomic E-state index is 12.3. The van der Waals surface area contributed by atoms with Gasteiger partial charge >= 0.3 is 6.36 Å². The molecule has 2 rings (SSSR count).